The average Bonchev–Trinajstić information content (AvgIpc) is 3.01. The minimum absolute atomic E-state index is 0.0144. The lowest BCUT2D eigenvalue weighted by molar-refractivity contribution is -0.179. The number of aliphatic hydroxyl groups excluding tert-OH is 3. The zero-order valence-corrected chi connectivity index (χ0v) is 27.5. The molecule has 10 nitrogen and oxygen atoms in total. The Morgan fingerprint density at radius 1 is 0.818 bits per heavy atom. The molecule has 15 unspecified atom stereocenters. The number of ether oxygens (including phenoxy) is 4. The van der Waals surface area contributed by atoms with Crippen LogP contribution in [0.4, 0.5) is 0 Å². The molecular formula is C34H63N3O7. The summed E-state index contributed by atoms with van der Waals surface area (Å²) in [5.41, 5.74) is 6.21. The molecule has 0 spiro atoms. The summed E-state index contributed by atoms with van der Waals surface area (Å²) in [6.07, 6.45) is 10.9. The fraction of sp³-hybridized carbons (Fsp3) is 1.00. The molecule has 5 fully saturated rings. The first-order valence-electron chi connectivity index (χ1n) is 17.8. The zero-order valence-electron chi connectivity index (χ0n) is 27.5. The van der Waals surface area contributed by atoms with Crippen LogP contribution in [-0.4, -0.2) is 110 Å². The molecular weight excluding hydrogens is 562 g/mol. The molecule has 0 aromatic rings. The molecule has 2 aliphatic carbocycles. The molecule has 0 aromatic heterocycles. The van der Waals surface area contributed by atoms with Gasteiger partial charge >= 0.3 is 0 Å². The Hall–Kier alpha value is -0.400. The van der Waals surface area contributed by atoms with E-state index in [4.69, 9.17) is 24.7 Å². The van der Waals surface area contributed by atoms with Gasteiger partial charge in [0.2, 0.25) is 0 Å². The summed E-state index contributed by atoms with van der Waals surface area (Å²) in [5, 5.41) is 39.5. The summed E-state index contributed by atoms with van der Waals surface area (Å²) in [5.74, 6) is 1.85. The van der Waals surface area contributed by atoms with E-state index in [1.54, 1.807) is 14.2 Å². The van der Waals surface area contributed by atoms with Crippen molar-refractivity contribution < 1.29 is 34.3 Å². The third kappa shape index (κ3) is 9.36. The molecule has 0 aromatic carbocycles. The molecule has 0 amide bonds. The summed E-state index contributed by atoms with van der Waals surface area (Å²) in [7, 11) is 3.36. The van der Waals surface area contributed by atoms with Gasteiger partial charge in [-0.05, 0) is 127 Å². The SMILES string of the molecule is COC1CC(CCC2CC(O)CC(C3CC(OC)C(O)C(OCC4NC(C)CCC4CC4CCNC(N)C4)C3)O2)CCC1O. The van der Waals surface area contributed by atoms with Crippen LogP contribution in [-0.2, 0) is 18.9 Å². The van der Waals surface area contributed by atoms with Gasteiger partial charge in [0.15, 0.2) is 0 Å². The van der Waals surface area contributed by atoms with Gasteiger partial charge in [-0.25, -0.2) is 0 Å². The second-order valence-electron chi connectivity index (χ2n) is 15.1. The van der Waals surface area contributed by atoms with Gasteiger partial charge in [-0.2, -0.15) is 0 Å². The molecule has 5 rings (SSSR count). The van der Waals surface area contributed by atoms with E-state index >= 15 is 0 Å². The normalized spacial score (nSPS) is 47.4. The van der Waals surface area contributed by atoms with Gasteiger partial charge in [0.05, 0.1) is 55.5 Å². The molecule has 0 radical (unpaired) electrons. The van der Waals surface area contributed by atoms with Crippen LogP contribution in [0.25, 0.3) is 0 Å². The van der Waals surface area contributed by atoms with Crippen molar-refractivity contribution in [1.82, 2.24) is 10.6 Å². The van der Waals surface area contributed by atoms with Crippen LogP contribution in [0.15, 0.2) is 0 Å². The van der Waals surface area contributed by atoms with Gasteiger partial charge in [-0.1, -0.05) is 0 Å². The Bertz CT molecular complexity index is 856. The first-order chi connectivity index (χ1) is 21.2. The van der Waals surface area contributed by atoms with Gasteiger partial charge in [0.25, 0.3) is 0 Å². The molecule has 3 aliphatic heterocycles. The highest BCUT2D eigenvalue weighted by atomic mass is 16.5. The minimum atomic E-state index is -0.683. The second-order valence-corrected chi connectivity index (χ2v) is 15.1. The number of hydrogen-bond donors (Lipinski definition) is 6. The summed E-state index contributed by atoms with van der Waals surface area (Å²) in [6, 6.07) is 0.716. The molecule has 0 bridgehead atoms. The van der Waals surface area contributed by atoms with Gasteiger partial charge < -0.3 is 50.6 Å². The number of piperidine rings is 2. The second kappa shape index (κ2) is 16.6. The molecule has 3 heterocycles. The number of aliphatic hydroxyl groups is 3. The van der Waals surface area contributed by atoms with Crippen molar-refractivity contribution in [3.8, 4) is 0 Å². The molecule has 7 N–H and O–H groups in total. The first-order valence-corrected chi connectivity index (χ1v) is 17.8. The van der Waals surface area contributed by atoms with E-state index in [1.807, 2.05) is 0 Å². The van der Waals surface area contributed by atoms with Crippen molar-refractivity contribution >= 4 is 0 Å². The quantitative estimate of drug-likeness (QED) is 0.202. The van der Waals surface area contributed by atoms with Gasteiger partial charge in [0.1, 0.15) is 6.10 Å². The Kier molecular flexibility index (Phi) is 13.2. The lowest BCUT2D eigenvalue weighted by atomic mass is 9.76. The Morgan fingerprint density at radius 3 is 2.39 bits per heavy atom. The molecule has 44 heavy (non-hydrogen) atoms. The highest BCUT2D eigenvalue weighted by Gasteiger charge is 2.44. The molecule has 3 saturated heterocycles. The first kappa shape index (κ1) is 34.9. The summed E-state index contributed by atoms with van der Waals surface area (Å²) < 4.78 is 24.6. The lowest BCUT2D eigenvalue weighted by Crippen LogP contribution is -2.54. The average molecular weight is 626 g/mol. The number of nitrogens with two attached hydrogens (primary N) is 1. The number of hydrogen-bond acceptors (Lipinski definition) is 10. The largest absolute Gasteiger partial charge is 0.393 e. The fourth-order valence-corrected chi connectivity index (χ4v) is 9.18. The van der Waals surface area contributed by atoms with Crippen molar-refractivity contribution in [3.05, 3.63) is 0 Å². The predicted molar refractivity (Wildman–Crippen MR) is 169 cm³/mol. The predicted octanol–water partition coefficient (Wildman–Crippen LogP) is 2.45. The smallest absolute Gasteiger partial charge is 0.106 e. The maximum absolute atomic E-state index is 11.3. The van der Waals surface area contributed by atoms with Gasteiger partial charge in [-0.15, -0.1) is 0 Å². The van der Waals surface area contributed by atoms with E-state index in [-0.39, 0.29) is 60.9 Å². The van der Waals surface area contributed by atoms with E-state index in [0.717, 1.165) is 45.1 Å². The lowest BCUT2D eigenvalue weighted by Gasteiger charge is -2.45. The van der Waals surface area contributed by atoms with Crippen LogP contribution in [0, 0.1) is 23.7 Å². The van der Waals surface area contributed by atoms with Crippen molar-refractivity contribution in [1.29, 1.82) is 0 Å². The highest BCUT2D eigenvalue weighted by Crippen LogP contribution is 2.39. The monoisotopic (exact) mass is 625 g/mol. The minimum Gasteiger partial charge on any atom is -0.393 e. The summed E-state index contributed by atoms with van der Waals surface area (Å²) >= 11 is 0. The van der Waals surface area contributed by atoms with E-state index in [9.17, 15) is 15.3 Å². The van der Waals surface area contributed by atoms with Crippen LogP contribution in [0.1, 0.15) is 96.8 Å². The number of nitrogens with one attached hydrogen (secondary N) is 2. The van der Waals surface area contributed by atoms with Crippen molar-refractivity contribution in [2.24, 2.45) is 29.4 Å². The van der Waals surface area contributed by atoms with E-state index in [1.165, 1.54) is 25.7 Å². The maximum Gasteiger partial charge on any atom is 0.106 e. The van der Waals surface area contributed by atoms with Crippen molar-refractivity contribution in [2.75, 3.05) is 27.4 Å². The Balaban J connectivity index is 1.16. The Labute approximate surface area is 265 Å². The van der Waals surface area contributed by atoms with Crippen LogP contribution < -0.4 is 16.4 Å². The highest BCUT2D eigenvalue weighted by molar-refractivity contribution is 4.95. The van der Waals surface area contributed by atoms with Gasteiger partial charge in [-0.3, -0.25) is 0 Å². The third-order valence-corrected chi connectivity index (χ3v) is 11.8. The molecule has 5 aliphatic rings. The molecule has 256 valence electrons. The number of rotatable bonds is 11. The van der Waals surface area contributed by atoms with E-state index < -0.39 is 6.10 Å². The summed E-state index contributed by atoms with van der Waals surface area (Å²) in [6.45, 7) is 3.83. The van der Waals surface area contributed by atoms with Crippen LogP contribution >= 0.6 is 0 Å². The van der Waals surface area contributed by atoms with Crippen LogP contribution in [0.5, 0.6) is 0 Å². The zero-order chi connectivity index (χ0) is 31.2. The van der Waals surface area contributed by atoms with Crippen molar-refractivity contribution in [3.63, 3.8) is 0 Å². The van der Waals surface area contributed by atoms with Crippen LogP contribution in [0.3, 0.4) is 0 Å². The third-order valence-electron chi connectivity index (χ3n) is 11.8. The molecule has 15 atom stereocenters. The summed E-state index contributed by atoms with van der Waals surface area (Å²) in [4.78, 5) is 0. The van der Waals surface area contributed by atoms with Gasteiger partial charge in [0, 0.05) is 26.3 Å². The van der Waals surface area contributed by atoms with Crippen LogP contribution in [0.2, 0.25) is 0 Å². The fourth-order valence-electron chi connectivity index (χ4n) is 9.18. The number of methoxy groups -OCH3 is 2. The molecule has 2 saturated carbocycles. The maximum atomic E-state index is 11.3. The van der Waals surface area contributed by atoms with Crippen molar-refractivity contribution in [2.45, 2.75) is 164 Å². The molecule has 10 heteroatoms. The Morgan fingerprint density at radius 2 is 1.61 bits per heavy atom. The van der Waals surface area contributed by atoms with E-state index in [2.05, 4.69) is 17.6 Å². The van der Waals surface area contributed by atoms with E-state index in [0.29, 0.717) is 56.1 Å². The topological polar surface area (TPSA) is 148 Å². The standard InChI is InChI=1S/C34H63N3O7/c1-20-4-7-23(12-22-10-11-36-33(35)14-22)27(37-20)19-43-32-16-24(15-31(42-3)34(32)40)29-18-25(38)17-26(44-29)8-5-21-6-9-28(39)30(13-21)41-2/h20-34,36-40H,4-19,35H2,1-3H3.